The average Bonchev–Trinajstić information content (AvgIpc) is 3.04. The third-order valence-corrected chi connectivity index (χ3v) is 6.66. The van der Waals surface area contributed by atoms with E-state index in [1.165, 1.54) is 25.4 Å². The molecule has 0 saturated carbocycles. The second kappa shape index (κ2) is 6.09. The number of halogens is 1. The van der Waals surface area contributed by atoms with E-state index in [-0.39, 0.29) is 0 Å². The zero-order chi connectivity index (χ0) is 15.0. The number of rotatable bonds is 4. The molecule has 2 unspecified atom stereocenters. The molecule has 0 aliphatic heterocycles. The van der Waals surface area contributed by atoms with Crippen LogP contribution in [0, 0.1) is 6.92 Å². The second-order valence-electron chi connectivity index (χ2n) is 5.34. The summed E-state index contributed by atoms with van der Waals surface area (Å²) in [6, 6.07) is 13.3. The first-order valence-electron chi connectivity index (χ1n) is 7.05. The summed E-state index contributed by atoms with van der Waals surface area (Å²) in [6.07, 6.45) is 0. The summed E-state index contributed by atoms with van der Waals surface area (Å²) in [4.78, 5) is 2.70. The van der Waals surface area contributed by atoms with Crippen molar-refractivity contribution in [3.63, 3.8) is 0 Å². The lowest BCUT2D eigenvalue weighted by Gasteiger charge is -2.19. The number of hydrogen-bond acceptors (Lipinski definition) is 3. The SMILES string of the molecule is Cc1c(C(C)NC(C)c2ccc(Cl)s2)sc2ccccc12. The monoisotopic (exact) mass is 335 g/mol. The maximum absolute atomic E-state index is 6.03. The molecular weight excluding hydrogens is 318 g/mol. The van der Waals surface area contributed by atoms with E-state index in [0.717, 1.165) is 4.34 Å². The van der Waals surface area contributed by atoms with Crippen LogP contribution in [0.3, 0.4) is 0 Å². The van der Waals surface area contributed by atoms with Gasteiger partial charge < -0.3 is 5.32 Å². The summed E-state index contributed by atoms with van der Waals surface area (Å²) in [6.45, 7) is 6.66. The zero-order valence-electron chi connectivity index (χ0n) is 12.3. The van der Waals surface area contributed by atoms with Crippen LogP contribution in [0.15, 0.2) is 36.4 Å². The highest BCUT2D eigenvalue weighted by Crippen LogP contribution is 2.36. The molecule has 0 bridgehead atoms. The van der Waals surface area contributed by atoms with Gasteiger partial charge in [0.05, 0.1) is 4.34 Å². The lowest BCUT2D eigenvalue weighted by atomic mass is 10.1. The van der Waals surface area contributed by atoms with Crippen molar-refractivity contribution in [3.05, 3.63) is 56.1 Å². The summed E-state index contributed by atoms with van der Waals surface area (Å²) in [7, 11) is 0. The van der Waals surface area contributed by atoms with Gasteiger partial charge in [-0.1, -0.05) is 29.8 Å². The van der Waals surface area contributed by atoms with Crippen molar-refractivity contribution in [1.82, 2.24) is 5.32 Å². The Labute approximate surface area is 138 Å². The fraction of sp³-hybridized carbons (Fsp3) is 0.294. The summed E-state index contributed by atoms with van der Waals surface area (Å²) in [5.41, 5.74) is 1.40. The van der Waals surface area contributed by atoms with Crippen molar-refractivity contribution in [2.45, 2.75) is 32.9 Å². The van der Waals surface area contributed by atoms with E-state index in [0.29, 0.717) is 12.1 Å². The van der Waals surface area contributed by atoms with E-state index >= 15 is 0 Å². The Bertz CT molecular complexity index is 759. The number of benzene rings is 1. The molecule has 1 N–H and O–H groups in total. The standard InChI is InChI=1S/C17H18ClNS2/c1-10-13-6-4-5-7-15(13)21-17(10)12(3)19-11(2)14-8-9-16(18)20-14/h4-9,11-12,19H,1-3H3. The summed E-state index contributed by atoms with van der Waals surface area (Å²) in [5, 5.41) is 5.06. The molecule has 110 valence electrons. The Balaban J connectivity index is 1.83. The molecule has 1 nitrogen and oxygen atoms in total. The number of aryl methyl sites for hydroxylation is 1. The van der Waals surface area contributed by atoms with Crippen LogP contribution >= 0.6 is 34.3 Å². The fourth-order valence-electron chi connectivity index (χ4n) is 2.70. The Hall–Kier alpha value is -0.870. The lowest BCUT2D eigenvalue weighted by molar-refractivity contribution is 0.504. The van der Waals surface area contributed by atoms with Crippen molar-refractivity contribution in [1.29, 1.82) is 0 Å². The van der Waals surface area contributed by atoms with E-state index in [1.54, 1.807) is 11.3 Å². The average molecular weight is 336 g/mol. The smallest absolute Gasteiger partial charge is 0.0931 e. The van der Waals surface area contributed by atoms with Crippen LogP contribution in [0.1, 0.15) is 41.2 Å². The summed E-state index contributed by atoms with van der Waals surface area (Å²) < 4.78 is 2.22. The van der Waals surface area contributed by atoms with Crippen LogP contribution in [0.5, 0.6) is 0 Å². The van der Waals surface area contributed by atoms with Gasteiger partial charge in [-0.15, -0.1) is 22.7 Å². The van der Waals surface area contributed by atoms with Gasteiger partial charge in [-0.05, 0) is 49.9 Å². The molecule has 0 aliphatic rings. The number of thiophene rings is 2. The Morgan fingerprint density at radius 1 is 1.00 bits per heavy atom. The van der Waals surface area contributed by atoms with Crippen molar-refractivity contribution < 1.29 is 0 Å². The van der Waals surface area contributed by atoms with Gasteiger partial charge in [0.25, 0.3) is 0 Å². The maximum atomic E-state index is 6.03. The highest BCUT2D eigenvalue weighted by molar-refractivity contribution is 7.19. The number of hydrogen-bond donors (Lipinski definition) is 1. The summed E-state index contributed by atoms with van der Waals surface area (Å²) >= 11 is 9.57. The number of fused-ring (bicyclic) bond motifs is 1. The van der Waals surface area contributed by atoms with E-state index < -0.39 is 0 Å². The first-order chi connectivity index (χ1) is 10.1. The topological polar surface area (TPSA) is 12.0 Å². The molecule has 0 spiro atoms. The first-order valence-corrected chi connectivity index (χ1v) is 9.06. The van der Waals surface area contributed by atoms with Gasteiger partial charge in [0.15, 0.2) is 0 Å². The highest BCUT2D eigenvalue weighted by atomic mass is 35.5. The maximum Gasteiger partial charge on any atom is 0.0931 e. The van der Waals surface area contributed by atoms with Crippen molar-refractivity contribution in [3.8, 4) is 0 Å². The van der Waals surface area contributed by atoms with Crippen molar-refractivity contribution in [2.24, 2.45) is 0 Å². The summed E-state index contributed by atoms with van der Waals surface area (Å²) in [5.74, 6) is 0. The highest BCUT2D eigenvalue weighted by Gasteiger charge is 2.17. The van der Waals surface area contributed by atoms with Crippen molar-refractivity contribution in [2.75, 3.05) is 0 Å². The van der Waals surface area contributed by atoms with Crippen LogP contribution in [0.4, 0.5) is 0 Å². The van der Waals surface area contributed by atoms with Gasteiger partial charge in [-0.25, -0.2) is 0 Å². The van der Waals surface area contributed by atoms with Gasteiger partial charge in [-0.3, -0.25) is 0 Å². The molecule has 0 saturated heterocycles. The third kappa shape index (κ3) is 3.02. The minimum absolute atomic E-state index is 0.308. The van der Waals surface area contributed by atoms with Gasteiger partial charge in [0.1, 0.15) is 0 Å². The van der Waals surface area contributed by atoms with Crippen LogP contribution in [0.2, 0.25) is 4.34 Å². The molecule has 2 atom stereocenters. The van der Waals surface area contributed by atoms with Gasteiger partial charge in [0, 0.05) is 26.5 Å². The molecule has 0 aliphatic carbocycles. The Morgan fingerprint density at radius 3 is 2.43 bits per heavy atom. The molecule has 0 radical (unpaired) electrons. The van der Waals surface area contributed by atoms with Crippen LogP contribution in [-0.2, 0) is 0 Å². The predicted octanol–water partition coefficient (Wildman–Crippen LogP) is 6.34. The third-order valence-electron chi connectivity index (χ3n) is 3.79. The lowest BCUT2D eigenvalue weighted by Crippen LogP contribution is -2.21. The molecule has 0 amide bonds. The minimum atomic E-state index is 0.308. The van der Waals surface area contributed by atoms with Crippen LogP contribution in [0.25, 0.3) is 10.1 Å². The van der Waals surface area contributed by atoms with Gasteiger partial charge in [0.2, 0.25) is 0 Å². The van der Waals surface area contributed by atoms with Gasteiger partial charge in [-0.2, -0.15) is 0 Å². The predicted molar refractivity (Wildman–Crippen MR) is 95.9 cm³/mol. The van der Waals surface area contributed by atoms with E-state index in [4.69, 9.17) is 11.6 Å². The van der Waals surface area contributed by atoms with E-state index in [2.05, 4.69) is 56.4 Å². The molecule has 3 aromatic rings. The fourth-order valence-corrected chi connectivity index (χ4v) is 5.00. The molecule has 4 heteroatoms. The zero-order valence-corrected chi connectivity index (χ0v) is 14.7. The Kier molecular flexibility index (Phi) is 4.36. The largest absolute Gasteiger partial charge is 0.302 e. The molecule has 0 fully saturated rings. The number of nitrogens with one attached hydrogen (secondary N) is 1. The molecule has 21 heavy (non-hydrogen) atoms. The Morgan fingerprint density at radius 2 is 1.76 bits per heavy atom. The van der Waals surface area contributed by atoms with Gasteiger partial charge >= 0.3 is 0 Å². The van der Waals surface area contributed by atoms with E-state index in [1.807, 2.05) is 17.4 Å². The quantitative estimate of drug-likeness (QED) is 0.586. The molecular formula is C17H18ClNS2. The minimum Gasteiger partial charge on any atom is -0.302 e. The molecule has 2 aromatic heterocycles. The molecule has 1 aromatic carbocycles. The van der Waals surface area contributed by atoms with E-state index in [9.17, 15) is 0 Å². The van der Waals surface area contributed by atoms with Crippen LogP contribution < -0.4 is 5.32 Å². The van der Waals surface area contributed by atoms with Crippen LogP contribution in [-0.4, -0.2) is 0 Å². The molecule has 2 heterocycles. The normalized spacial score (nSPS) is 14.5. The first kappa shape index (κ1) is 15.0. The van der Waals surface area contributed by atoms with Crippen molar-refractivity contribution >= 4 is 44.4 Å². The second-order valence-corrected chi connectivity index (χ2v) is 8.17. The molecule has 3 rings (SSSR count).